The quantitative estimate of drug-likeness (QED) is 0.283. The van der Waals surface area contributed by atoms with Crippen LogP contribution in [0.3, 0.4) is 0 Å². The highest BCUT2D eigenvalue weighted by Gasteiger charge is 2.36. The zero-order chi connectivity index (χ0) is 27.2. The van der Waals surface area contributed by atoms with E-state index < -0.39 is 6.04 Å². The average molecular weight is 526 g/mol. The zero-order valence-corrected chi connectivity index (χ0v) is 22.5. The number of para-hydroxylation sites is 3. The van der Waals surface area contributed by atoms with Crippen LogP contribution in [0.1, 0.15) is 49.3 Å². The van der Waals surface area contributed by atoms with Crippen molar-refractivity contribution < 1.29 is 19.1 Å². The molecule has 39 heavy (non-hydrogen) atoms. The number of ether oxygens (including phenoxy) is 2. The number of nitrogens with one attached hydrogen (secondary N) is 2. The summed E-state index contributed by atoms with van der Waals surface area (Å²) in [5.41, 5.74) is 3.04. The second-order valence-corrected chi connectivity index (χ2v) is 9.99. The molecule has 3 aromatic carbocycles. The number of hydrogen-bond donors (Lipinski definition) is 2. The SMILES string of the molecule is COc1cccc([C@@H](C(=O)NC2CCCCC2)N(C(=O)Cc2c[nH]c3ccccc23)c2ccccc2OC)c1. The number of carbonyl (C=O) groups is 2. The first kappa shape index (κ1) is 26.4. The highest BCUT2D eigenvalue weighted by molar-refractivity contribution is 6.04. The van der Waals surface area contributed by atoms with Crippen molar-refractivity contribution in [2.24, 2.45) is 0 Å². The Bertz CT molecular complexity index is 1440. The Morgan fingerprint density at radius 3 is 2.51 bits per heavy atom. The fourth-order valence-electron chi connectivity index (χ4n) is 5.53. The summed E-state index contributed by atoms with van der Waals surface area (Å²) in [7, 11) is 3.17. The third-order valence-corrected chi connectivity index (χ3v) is 7.50. The van der Waals surface area contributed by atoms with Gasteiger partial charge in [-0.05, 0) is 54.3 Å². The van der Waals surface area contributed by atoms with Crippen LogP contribution in [0.4, 0.5) is 5.69 Å². The van der Waals surface area contributed by atoms with Gasteiger partial charge < -0.3 is 19.8 Å². The van der Waals surface area contributed by atoms with Gasteiger partial charge in [0.2, 0.25) is 11.8 Å². The maximum atomic E-state index is 14.3. The van der Waals surface area contributed by atoms with E-state index >= 15 is 0 Å². The third kappa shape index (κ3) is 5.77. The molecule has 1 aliphatic carbocycles. The molecule has 5 rings (SSSR count). The van der Waals surface area contributed by atoms with Crippen molar-refractivity contribution in [2.45, 2.75) is 50.6 Å². The molecule has 1 saturated carbocycles. The molecule has 7 heteroatoms. The molecular weight excluding hydrogens is 490 g/mol. The molecule has 2 N–H and O–H groups in total. The molecule has 4 aromatic rings. The number of fused-ring (bicyclic) bond motifs is 1. The maximum Gasteiger partial charge on any atom is 0.248 e. The van der Waals surface area contributed by atoms with Crippen molar-refractivity contribution in [3.05, 3.63) is 90.1 Å². The Balaban J connectivity index is 1.60. The number of hydrogen-bond acceptors (Lipinski definition) is 4. The van der Waals surface area contributed by atoms with Crippen LogP contribution in [-0.2, 0) is 16.0 Å². The van der Waals surface area contributed by atoms with Crippen molar-refractivity contribution in [1.29, 1.82) is 0 Å². The smallest absolute Gasteiger partial charge is 0.248 e. The predicted molar refractivity (Wildman–Crippen MR) is 153 cm³/mol. The molecule has 1 aromatic heterocycles. The van der Waals surface area contributed by atoms with Crippen LogP contribution >= 0.6 is 0 Å². The first-order valence-corrected chi connectivity index (χ1v) is 13.5. The Labute approximate surface area is 229 Å². The van der Waals surface area contributed by atoms with Crippen molar-refractivity contribution in [3.63, 3.8) is 0 Å². The summed E-state index contributed by atoms with van der Waals surface area (Å²) >= 11 is 0. The maximum absolute atomic E-state index is 14.3. The number of amides is 2. The summed E-state index contributed by atoms with van der Waals surface area (Å²) in [6.45, 7) is 0. The number of methoxy groups -OCH3 is 2. The Morgan fingerprint density at radius 2 is 1.72 bits per heavy atom. The molecule has 1 fully saturated rings. The lowest BCUT2D eigenvalue weighted by molar-refractivity contribution is -0.127. The standard InChI is InChI=1S/C32H35N3O4/c1-38-25-14-10-11-22(19-25)31(32(37)34-24-12-4-3-5-13-24)35(28-17-8-9-18-29(28)39-2)30(36)20-23-21-33-27-16-7-6-15-26(23)27/h6-11,14-19,21,24,31,33H,3-5,12-13,20H2,1-2H3,(H,34,37)/t31-/m0/s1. The monoisotopic (exact) mass is 525 g/mol. The van der Waals surface area contributed by atoms with Gasteiger partial charge in [-0.15, -0.1) is 0 Å². The number of aromatic amines is 1. The average Bonchev–Trinajstić information content (AvgIpc) is 3.38. The normalized spacial score (nSPS) is 14.5. The van der Waals surface area contributed by atoms with E-state index in [-0.39, 0.29) is 24.3 Å². The summed E-state index contributed by atoms with van der Waals surface area (Å²) in [5.74, 6) is 0.708. The molecule has 0 aliphatic heterocycles. The molecule has 0 bridgehead atoms. The van der Waals surface area contributed by atoms with Crippen molar-refractivity contribution >= 4 is 28.4 Å². The lowest BCUT2D eigenvalue weighted by Crippen LogP contribution is -2.47. The second-order valence-electron chi connectivity index (χ2n) is 9.99. The Morgan fingerprint density at radius 1 is 0.949 bits per heavy atom. The van der Waals surface area contributed by atoms with Crippen molar-refractivity contribution in [1.82, 2.24) is 10.3 Å². The number of H-pyrrole nitrogens is 1. The number of benzene rings is 3. The molecular formula is C32H35N3O4. The molecule has 202 valence electrons. The van der Waals surface area contributed by atoms with Gasteiger partial charge in [0.15, 0.2) is 0 Å². The fraction of sp³-hybridized carbons (Fsp3) is 0.312. The highest BCUT2D eigenvalue weighted by Crippen LogP contribution is 2.37. The molecule has 1 aliphatic rings. The number of nitrogens with zero attached hydrogens (tertiary/aromatic N) is 1. The van der Waals surface area contributed by atoms with E-state index in [0.717, 1.165) is 42.1 Å². The van der Waals surface area contributed by atoms with E-state index in [0.29, 0.717) is 22.7 Å². The molecule has 7 nitrogen and oxygen atoms in total. The van der Waals surface area contributed by atoms with Gasteiger partial charge in [0, 0.05) is 23.1 Å². The van der Waals surface area contributed by atoms with Crippen LogP contribution in [0, 0.1) is 0 Å². The topological polar surface area (TPSA) is 83.7 Å². The minimum atomic E-state index is -0.920. The van der Waals surface area contributed by atoms with E-state index in [2.05, 4.69) is 10.3 Å². The lowest BCUT2D eigenvalue weighted by atomic mass is 9.94. The van der Waals surface area contributed by atoms with Crippen LogP contribution in [0.25, 0.3) is 10.9 Å². The Kier molecular flexibility index (Phi) is 8.16. The summed E-state index contributed by atoms with van der Waals surface area (Å²) in [6, 6.07) is 21.8. The number of rotatable bonds is 9. The van der Waals surface area contributed by atoms with E-state index in [4.69, 9.17) is 9.47 Å². The van der Waals surface area contributed by atoms with Gasteiger partial charge in [-0.1, -0.05) is 61.7 Å². The Hall–Kier alpha value is -4.26. The number of anilines is 1. The first-order valence-electron chi connectivity index (χ1n) is 13.5. The van der Waals surface area contributed by atoms with Gasteiger partial charge >= 0.3 is 0 Å². The number of carbonyl (C=O) groups excluding carboxylic acids is 2. The van der Waals surface area contributed by atoms with Crippen LogP contribution < -0.4 is 19.7 Å². The van der Waals surface area contributed by atoms with E-state index in [1.54, 1.807) is 19.1 Å². The lowest BCUT2D eigenvalue weighted by Gasteiger charge is -2.34. The molecule has 1 heterocycles. The molecule has 0 unspecified atom stereocenters. The highest BCUT2D eigenvalue weighted by atomic mass is 16.5. The van der Waals surface area contributed by atoms with Crippen molar-refractivity contribution in [3.8, 4) is 11.5 Å². The van der Waals surface area contributed by atoms with Crippen LogP contribution in [0.5, 0.6) is 11.5 Å². The minimum Gasteiger partial charge on any atom is -0.497 e. The molecule has 0 saturated heterocycles. The van der Waals surface area contributed by atoms with Crippen molar-refractivity contribution in [2.75, 3.05) is 19.1 Å². The summed E-state index contributed by atoms with van der Waals surface area (Å²) in [6.07, 6.45) is 7.21. The fourth-order valence-corrected chi connectivity index (χ4v) is 5.53. The van der Waals surface area contributed by atoms with E-state index in [1.165, 1.54) is 6.42 Å². The predicted octanol–water partition coefficient (Wildman–Crippen LogP) is 5.95. The zero-order valence-electron chi connectivity index (χ0n) is 22.5. The molecule has 0 radical (unpaired) electrons. The number of aromatic nitrogens is 1. The largest absolute Gasteiger partial charge is 0.497 e. The van der Waals surface area contributed by atoms with Gasteiger partial charge in [0.25, 0.3) is 0 Å². The second kappa shape index (κ2) is 12.1. The first-order chi connectivity index (χ1) is 19.1. The third-order valence-electron chi connectivity index (χ3n) is 7.50. The minimum absolute atomic E-state index is 0.0857. The van der Waals surface area contributed by atoms with Crippen LogP contribution in [0.2, 0.25) is 0 Å². The summed E-state index contributed by atoms with van der Waals surface area (Å²) in [5, 5.41) is 4.25. The van der Waals surface area contributed by atoms with E-state index in [9.17, 15) is 9.59 Å². The molecule has 2 amide bonds. The van der Waals surface area contributed by atoms with Gasteiger partial charge in [0.05, 0.1) is 26.3 Å². The molecule has 1 atom stereocenters. The summed E-state index contributed by atoms with van der Waals surface area (Å²) < 4.78 is 11.2. The van der Waals surface area contributed by atoms with Gasteiger partial charge in [-0.25, -0.2) is 0 Å². The van der Waals surface area contributed by atoms with Gasteiger partial charge in [-0.3, -0.25) is 14.5 Å². The summed E-state index contributed by atoms with van der Waals surface area (Å²) in [4.78, 5) is 33.3. The van der Waals surface area contributed by atoms with Gasteiger partial charge in [0.1, 0.15) is 17.5 Å². The van der Waals surface area contributed by atoms with E-state index in [1.807, 2.05) is 79.0 Å². The van der Waals surface area contributed by atoms with Crippen LogP contribution in [-0.4, -0.2) is 37.1 Å². The van der Waals surface area contributed by atoms with Gasteiger partial charge in [-0.2, -0.15) is 0 Å². The van der Waals surface area contributed by atoms with Crippen LogP contribution in [0.15, 0.2) is 79.0 Å². The molecule has 0 spiro atoms.